The van der Waals surface area contributed by atoms with E-state index in [-0.39, 0.29) is 6.04 Å². The summed E-state index contributed by atoms with van der Waals surface area (Å²) < 4.78 is 6.34. The number of methoxy groups -OCH3 is 1. The number of hydrogen-bond acceptors (Lipinski definition) is 2. The molecule has 0 aliphatic rings. The van der Waals surface area contributed by atoms with Gasteiger partial charge in [0.2, 0.25) is 0 Å². The molecule has 0 aromatic heterocycles. The van der Waals surface area contributed by atoms with Crippen LogP contribution in [0.15, 0.2) is 46.9 Å². The van der Waals surface area contributed by atoms with Gasteiger partial charge in [0.15, 0.2) is 0 Å². The molecule has 2 aromatic carbocycles. The molecule has 0 fully saturated rings. The highest BCUT2D eigenvalue weighted by Crippen LogP contribution is 2.26. The van der Waals surface area contributed by atoms with Gasteiger partial charge in [0.25, 0.3) is 0 Å². The highest BCUT2D eigenvalue weighted by molar-refractivity contribution is 9.10. The molecular weight excluding hydrogens is 302 g/mol. The van der Waals surface area contributed by atoms with Gasteiger partial charge < -0.3 is 10.1 Å². The molecule has 0 aliphatic carbocycles. The summed E-state index contributed by atoms with van der Waals surface area (Å²) >= 11 is 3.51. The first-order valence-electron chi connectivity index (χ1n) is 6.27. The third-order valence-electron chi connectivity index (χ3n) is 3.17. The summed E-state index contributed by atoms with van der Waals surface area (Å²) in [4.78, 5) is 0. The Morgan fingerprint density at radius 3 is 2.68 bits per heavy atom. The van der Waals surface area contributed by atoms with Gasteiger partial charge in [0.05, 0.1) is 7.11 Å². The average molecular weight is 320 g/mol. The lowest BCUT2D eigenvalue weighted by Crippen LogP contribution is -2.07. The van der Waals surface area contributed by atoms with E-state index in [1.807, 2.05) is 12.1 Å². The number of benzene rings is 2. The average Bonchev–Trinajstić information content (AvgIpc) is 2.43. The third kappa shape index (κ3) is 3.51. The van der Waals surface area contributed by atoms with Crippen LogP contribution in [-0.2, 0) is 0 Å². The standard InChI is InChI=1S/C16H18BrNO/c1-11-7-8-14(17)10-16(11)18-12(2)13-5-4-6-15(9-13)19-3/h4-10,12,18H,1-3H3. The van der Waals surface area contributed by atoms with Crippen LogP contribution < -0.4 is 10.1 Å². The van der Waals surface area contributed by atoms with Crippen molar-refractivity contribution in [2.45, 2.75) is 19.9 Å². The van der Waals surface area contributed by atoms with Crippen LogP contribution in [0.4, 0.5) is 5.69 Å². The van der Waals surface area contributed by atoms with E-state index in [2.05, 4.69) is 65.4 Å². The third-order valence-corrected chi connectivity index (χ3v) is 3.66. The van der Waals surface area contributed by atoms with Gasteiger partial charge in [-0.15, -0.1) is 0 Å². The Balaban J connectivity index is 2.20. The Kier molecular flexibility index (Phi) is 4.48. The van der Waals surface area contributed by atoms with Crippen LogP contribution in [0.2, 0.25) is 0 Å². The quantitative estimate of drug-likeness (QED) is 0.861. The zero-order valence-electron chi connectivity index (χ0n) is 11.4. The number of anilines is 1. The van der Waals surface area contributed by atoms with E-state index in [1.54, 1.807) is 7.11 Å². The molecule has 3 heteroatoms. The van der Waals surface area contributed by atoms with Crippen molar-refractivity contribution in [3.63, 3.8) is 0 Å². The van der Waals surface area contributed by atoms with Gasteiger partial charge in [0, 0.05) is 16.2 Å². The second-order valence-electron chi connectivity index (χ2n) is 4.60. The SMILES string of the molecule is COc1cccc(C(C)Nc2cc(Br)ccc2C)c1. The predicted octanol–water partition coefficient (Wildman–Crippen LogP) is 4.94. The summed E-state index contributed by atoms with van der Waals surface area (Å²) in [6, 6.07) is 14.6. The van der Waals surface area contributed by atoms with Gasteiger partial charge >= 0.3 is 0 Å². The van der Waals surface area contributed by atoms with Crippen molar-refractivity contribution in [2.24, 2.45) is 0 Å². The Labute approximate surface area is 122 Å². The Bertz CT molecular complexity index is 568. The summed E-state index contributed by atoms with van der Waals surface area (Å²) in [5.41, 5.74) is 3.58. The molecule has 2 aromatic rings. The highest BCUT2D eigenvalue weighted by Gasteiger charge is 2.08. The van der Waals surface area contributed by atoms with Crippen LogP contribution in [0.1, 0.15) is 24.1 Å². The van der Waals surface area contributed by atoms with Crippen LogP contribution >= 0.6 is 15.9 Å². The van der Waals surface area contributed by atoms with Crippen LogP contribution in [0.5, 0.6) is 5.75 Å². The molecule has 0 amide bonds. The van der Waals surface area contributed by atoms with Gasteiger partial charge in [-0.3, -0.25) is 0 Å². The first kappa shape index (κ1) is 13.9. The summed E-state index contributed by atoms with van der Waals surface area (Å²) in [6.07, 6.45) is 0. The van der Waals surface area contributed by atoms with Crippen molar-refractivity contribution in [2.75, 3.05) is 12.4 Å². The Morgan fingerprint density at radius 2 is 1.95 bits per heavy atom. The van der Waals surface area contributed by atoms with E-state index >= 15 is 0 Å². The van der Waals surface area contributed by atoms with Gasteiger partial charge in [-0.05, 0) is 49.2 Å². The minimum atomic E-state index is 0.225. The monoisotopic (exact) mass is 319 g/mol. The van der Waals surface area contributed by atoms with Crippen molar-refractivity contribution in [1.82, 2.24) is 0 Å². The lowest BCUT2D eigenvalue weighted by atomic mass is 10.1. The smallest absolute Gasteiger partial charge is 0.119 e. The van der Waals surface area contributed by atoms with Crippen molar-refractivity contribution in [1.29, 1.82) is 0 Å². The lowest BCUT2D eigenvalue weighted by Gasteiger charge is -2.18. The molecule has 1 N–H and O–H groups in total. The number of rotatable bonds is 4. The second kappa shape index (κ2) is 6.11. The molecule has 19 heavy (non-hydrogen) atoms. The van der Waals surface area contributed by atoms with Crippen molar-refractivity contribution >= 4 is 21.6 Å². The molecule has 2 nitrogen and oxygen atoms in total. The summed E-state index contributed by atoms with van der Waals surface area (Å²) in [7, 11) is 1.69. The zero-order chi connectivity index (χ0) is 13.8. The molecular formula is C16H18BrNO. The van der Waals surface area contributed by atoms with Gasteiger partial charge in [-0.1, -0.05) is 34.1 Å². The van der Waals surface area contributed by atoms with Gasteiger partial charge in [-0.25, -0.2) is 0 Å². The lowest BCUT2D eigenvalue weighted by molar-refractivity contribution is 0.414. The largest absolute Gasteiger partial charge is 0.497 e. The number of ether oxygens (including phenoxy) is 1. The van der Waals surface area contributed by atoms with Crippen LogP contribution in [0.3, 0.4) is 0 Å². The summed E-state index contributed by atoms with van der Waals surface area (Å²) in [5, 5.41) is 3.53. The van der Waals surface area contributed by atoms with E-state index in [4.69, 9.17) is 4.74 Å². The molecule has 0 radical (unpaired) electrons. The Morgan fingerprint density at radius 1 is 1.16 bits per heavy atom. The topological polar surface area (TPSA) is 21.3 Å². The molecule has 0 saturated heterocycles. The molecule has 0 aliphatic heterocycles. The van der Waals surface area contributed by atoms with E-state index in [0.717, 1.165) is 15.9 Å². The molecule has 0 saturated carbocycles. The molecule has 1 unspecified atom stereocenters. The van der Waals surface area contributed by atoms with Crippen LogP contribution in [0.25, 0.3) is 0 Å². The predicted molar refractivity (Wildman–Crippen MR) is 83.9 cm³/mol. The second-order valence-corrected chi connectivity index (χ2v) is 5.52. The molecule has 0 bridgehead atoms. The van der Waals surface area contributed by atoms with Gasteiger partial charge in [-0.2, -0.15) is 0 Å². The highest BCUT2D eigenvalue weighted by atomic mass is 79.9. The van der Waals surface area contributed by atoms with E-state index < -0.39 is 0 Å². The number of halogens is 1. The van der Waals surface area contributed by atoms with E-state index in [9.17, 15) is 0 Å². The van der Waals surface area contributed by atoms with E-state index in [0.29, 0.717) is 0 Å². The zero-order valence-corrected chi connectivity index (χ0v) is 13.0. The normalized spacial score (nSPS) is 12.0. The first-order valence-corrected chi connectivity index (χ1v) is 7.06. The molecule has 1 atom stereocenters. The fourth-order valence-corrected chi connectivity index (χ4v) is 2.34. The van der Waals surface area contributed by atoms with Crippen LogP contribution in [-0.4, -0.2) is 7.11 Å². The minimum absolute atomic E-state index is 0.225. The molecule has 0 heterocycles. The molecule has 0 spiro atoms. The minimum Gasteiger partial charge on any atom is -0.497 e. The number of aryl methyl sites for hydroxylation is 1. The van der Waals surface area contributed by atoms with Crippen molar-refractivity contribution in [3.05, 3.63) is 58.1 Å². The first-order chi connectivity index (χ1) is 9.10. The summed E-state index contributed by atoms with van der Waals surface area (Å²) in [5.74, 6) is 0.886. The maximum atomic E-state index is 5.26. The van der Waals surface area contributed by atoms with Gasteiger partial charge in [0.1, 0.15) is 5.75 Å². The van der Waals surface area contributed by atoms with Crippen molar-refractivity contribution in [3.8, 4) is 5.75 Å². The maximum absolute atomic E-state index is 5.26. The molecule has 2 rings (SSSR count). The summed E-state index contributed by atoms with van der Waals surface area (Å²) in [6.45, 7) is 4.25. The Hall–Kier alpha value is -1.48. The fraction of sp³-hybridized carbons (Fsp3) is 0.250. The number of nitrogens with one attached hydrogen (secondary N) is 1. The molecule has 100 valence electrons. The fourth-order valence-electron chi connectivity index (χ4n) is 1.98. The van der Waals surface area contributed by atoms with Crippen LogP contribution in [0, 0.1) is 6.92 Å². The number of hydrogen-bond donors (Lipinski definition) is 1. The van der Waals surface area contributed by atoms with E-state index in [1.165, 1.54) is 11.1 Å². The maximum Gasteiger partial charge on any atom is 0.119 e. The van der Waals surface area contributed by atoms with Crippen molar-refractivity contribution < 1.29 is 4.74 Å².